The van der Waals surface area contributed by atoms with Gasteiger partial charge in [0, 0.05) is 31.2 Å². The maximum absolute atomic E-state index is 5.21. The standard InChI is InChI=1S/C15H24BrNO/c1-12(2)11-17(7-8-18-4)15-6-5-14(10-16)9-13(15)3/h5-6,9,12H,7-8,10-11H2,1-4H3. The van der Waals surface area contributed by atoms with E-state index in [9.17, 15) is 0 Å². The highest BCUT2D eigenvalue weighted by atomic mass is 79.9. The summed E-state index contributed by atoms with van der Waals surface area (Å²) in [5, 5.41) is 0.913. The molecule has 0 saturated heterocycles. The van der Waals surface area contributed by atoms with Gasteiger partial charge in [0.15, 0.2) is 0 Å². The molecule has 0 fully saturated rings. The maximum atomic E-state index is 5.21. The van der Waals surface area contributed by atoms with E-state index in [1.165, 1.54) is 16.8 Å². The van der Waals surface area contributed by atoms with Gasteiger partial charge in [0.25, 0.3) is 0 Å². The number of halogens is 1. The Morgan fingerprint density at radius 2 is 2.06 bits per heavy atom. The van der Waals surface area contributed by atoms with Crippen LogP contribution in [0.4, 0.5) is 5.69 Å². The summed E-state index contributed by atoms with van der Waals surface area (Å²) >= 11 is 3.50. The lowest BCUT2D eigenvalue weighted by atomic mass is 10.1. The molecule has 1 aromatic carbocycles. The van der Waals surface area contributed by atoms with E-state index < -0.39 is 0 Å². The van der Waals surface area contributed by atoms with E-state index >= 15 is 0 Å². The molecule has 18 heavy (non-hydrogen) atoms. The van der Waals surface area contributed by atoms with Crippen LogP contribution in [0.1, 0.15) is 25.0 Å². The largest absolute Gasteiger partial charge is 0.383 e. The van der Waals surface area contributed by atoms with Gasteiger partial charge in [-0.05, 0) is 30.0 Å². The number of alkyl halides is 1. The molecule has 0 unspecified atom stereocenters. The second kappa shape index (κ2) is 7.80. The van der Waals surface area contributed by atoms with Crippen LogP contribution in [0.15, 0.2) is 18.2 Å². The van der Waals surface area contributed by atoms with E-state index in [1.807, 2.05) is 0 Å². The highest BCUT2D eigenvalue weighted by Gasteiger charge is 2.11. The van der Waals surface area contributed by atoms with Crippen LogP contribution in [-0.4, -0.2) is 26.8 Å². The van der Waals surface area contributed by atoms with Crippen LogP contribution in [-0.2, 0) is 10.1 Å². The predicted octanol–water partition coefficient (Wildman–Crippen LogP) is 4.00. The fraction of sp³-hybridized carbons (Fsp3) is 0.600. The summed E-state index contributed by atoms with van der Waals surface area (Å²) in [7, 11) is 1.76. The van der Waals surface area contributed by atoms with E-state index in [1.54, 1.807) is 7.11 Å². The first-order chi connectivity index (χ1) is 8.58. The molecule has 1 aromatic rings. The Labute approximate surface area is 119 Å². The summed E-state index contributed by atoms with van der Waals surface area (Å²) in [6.07, 6.45) is 0. The quantitative estimate of drug-likeness (QED) is 0.705. The number of hydrogen-bond donors (Lipinski definition) is 0. The monoisotopic (exact) mass is 313 g/mol. The zero-order valence-corrected chi connectivity index (χ0v) is 13.5. The Bertz CT molecular complexity index is 366. The first-order valence-electron chi connectivity index (χ1n) is 6.47. The van der Waals surface area contributed by atoms with E-state index in [-0.39, 0.29) is 0 Å². The van der Waals surface area contributed by atoms with Gasteiger partial charge in [0.05, 0.1) is 6.61 Å². The van der Waals surface area contributed by atoms with Crippen LogP contribution < -0.4 is 4.90 Å². The molecule has 0 aromatic heterocycles. The Morgan fingerprint density at radius 3 is 2.56 bits per heavy atom. The number of anilines is 1. The number of ether oxygens (including phenoxy) is 1. The average molecular weight is 314 g/mol. The molecule has 0 spiro atoms. The van der Waals surface area contributed by atoms with Crippen molar-refractivity contribution in [2.45, 2.75) is 26.1 Å². The number of aryl methyl sites for hydroxylation is 1. The van der Waals surface area contributed by atoms with Crippen molar-refractivity contribution in [2.75, 3.05) is 31.7 Å². The lowest BCUT2D eigenvalue weighted by Gasteiger charge is -2.28. The second-order valence-electron chi connectivity index (χ2n) is 5.09. The molecular weight excluding hydrogens is 290 g/mol. The third-order valence-electron chi connectivity index (χ3n) is 2.91. The molecule has 0 N–H and O–H groups in total. The molecule has 2 nitrogen and oxygen atoms in total. The molecule has 0 heterocycles. The minimum absolute atomic E-state index is 0.650. The summed E-state index contributed by atoms with van der Waals surface area (Å²) in [6.45, 7) is 9.47. The third-order valence-corrected chi connectivity index (χ3v) is 3.55. The number of methoxy groups -OCH3 is 1. The molecule has 1 rings (SSSR count). The van der Waals surface area contributed by atoms with E-state index in [4.69, 9.17) is 4.74 Å². The topological polar surface area (TPSA) is 12.5 Å². The molecule has 3 heteroatoms. The van der Waals surface area contributed by atoms with Crippen LogP contribution in [0.3, 0.4) is 0 Å². The molecule has 0 bridgehead atoms. The lowest BCUT2D eigenvalue weighted by Crippen LogP contribution is -2.31. The fourth-order valence-electron chi connectivity index (χ4n) is 2.11. The summed E-state index contributed by atoms with van der Waals surface area (Å²) in [6, 6.07) is 6.67. The maximum Gasteiger partial charge on any atom is 0.0637 e. The van der Waals surface area contributed by atoms with Crippen molar-refractivity contribution in [3.05, 3.63) is 29.3 Å². The molecule has 0 radical (unpaired) electrons. The number of benzene rings is 1. The first-order valence-corrected chi connectivity index (χ1v) is 7.60. The van der Waals surface area contributed by atoms with Gasteiger partial charge in [0.2, 0.25) is 0 Å². The fourth-order valence-corrected chi connectivity index (χ4v) is 2.46. The van der Waals surface area contributed by atoms with Gasteiger partial charge in [-0.15, -0.1) is 0 Å². The van der Waals surface area contributed by atoms with Crippen LogP contribution in [0.5, 0.6) is 0 Å². The minimum atomic E-state index is 0.650. The molecule has 0 atom stereocenters. The second-order valence-corrected chi connectivity index (χ2v) is 5.65. The molecule has 0 aliphatic rings. The molecule has 0 amide bonds. The van der Waals surface area contributed by atoms with E-state index in [0.29, 0.717) is 5.92 Å². The third kappa shape index (κ3) is 4.62. The van der Waals surface area contributed by atoms with Gasteiger partial charge in [-0.25, -0.2) is 0 Å². The van der Waals surface area contributed by atoms with Gasteiger partial charge in [-0.1, -0.05) is 41.9 Å². The van der Waals surface area contributed by atoms with Crippen molar-refractivity contribution < 1.29 is 4.74 Å². The summed E-state index contributed by atoms with van der Waals surface area (Å²) < 4.78 is 5.21. The van der Waals surface area contributed by atoms with E-state index in [0.717, 1.165) is 25.0 Å². The van der Waals surface area contributed by atoms with Gasteiger partial charge >= 0.3 is 0 Å². The number of rotatable bonds is 7. The van der Waals surface area contributed by atoms with Crippen molar-refractivity contribution in [3.63, 3.8) is 0 Å². The first kappa shape index (κ1) is 15.5. The van der Waals surface area contributed by atoms with Gasteiger partial charge in [-0.3, -0.25) is 0 Å². The Balaban J connectivity index is 2.89. The van der Waals surface area contributed by atoms with Crippen molar-refractivity contribution in [1.82, 2.24) is 0 Å². The minimum Gasteiger partial charge on any atom is -0.383 e. The molecular formula is C15H24BrNO. The summed E-state index contributed by atoms with van der Waals surface area (Å²) in [5.41, 5.74) is 3.99. The molecule has 0 aliphatic heterocycles. The number of nitrogens with zero attached hydrogens (tertiary/aromatic N) is 1. The Kier molecular flexibility index (Phi) is 6.72. The van der Waals surface area contributed by atoms with Crippen molar-refractivity contribution in [1.29, 1.82) is 0 Å². The SMILES string of the molecule is COCCN(CC(C)C)c1ccc(CBr)cc1C. The van der Waals surface area contributed by atoms with Gasteiger partial charge < -0.3 is 9.64 Å². The summed E-state index contributed by atoms with van der Waals surface area (Å²) in [5.74, 6) is 0.650. The van der Waals surface area contributed by atoms with Crippen LogP contribution in [0.2, 0.25) is 0 Å². The van der Waals surface area contributed by atoms with Crippen LogP contribution in [0, 0.1) is 12.8 Å². The smallest absolute Gasteiger partial charge is 0.0637 e. The van der Waals surface area contributed by atoms with Gasteiger partial charge in [-0.2, -0.15) is 0 Å². The highest BCUT2D eigenvalue weighted by Crippen LogP contribution is 2.23. The van der Waals surface area contributed by atoms with Crippen LogP contribution >= 0.6 is 15.9 Å². The molecule has 0 saturated carbocycles. The lowest BCUT2D eigenvalue weighted by molar-refractivity contribution is 0.204. The Morgan fingerprint density at radius 1 is 1.33 bits per heavy atom. The predicted molar refractivity (Wildman–Crippen MR) is 82.7 cm³/mol. The zero-order chi connectivity index (χ0) is 13.5. The van der Waals surface area contributed by atoms with Gasteiger partial charge in [0.1, 0.15) is 0 Å². The molecule has 0 aliphatic carbocycles. The molecule has 102 valence electrons. The number of hydrogen-bond acceptors (Lipinski definition) is 2. The van der Waals surface area contributed by atoms with Crippen molar-refractivity contribution in [3.8, 4) is 0 Å². The van der Waals surface area contributed by atoms with Crippen molar-refractivity contribution >= 4 is 21.6 Å². The summed E-state index contributed by atoms with van der Waals surface area (Å²) in [4.78, 5) is 2.42. The Hall–Kier alpha value is -0.540. The van der Waals surface area contributed by atoms with Crippen molar-refractivity contribution in [2.24, 2.45) is 5.92 Å². The average Bonchev–Trinajstić information content (AvgIpc) is 2.34. The normalized spacial score (nSPS) is 11.0. The van der Waals surface area contributed by atoms with Crippen LogP contribution in [0.25, 0.3) is 0 Å². The zero-order valence-electron chi connectivity index (χ0n) is 11.9. The highest BCUT2D eigenvalue weighted by molar-refractivity contribution is 9.08. The van der Waals surface area contributed by atoms with E-state index in [2.05, 4.69) is 59.8 Å².